The van der Waals surface area contributed by atoms with Gasteiger partial charge in [-0.2, -0.15) is 0 Å². The molecule has 0 atom stereocenters. The number of benzene rings is 1. The zero-order valence-electron chi connectivity index (χ0n) is 36.0. The first-order valence-corrected chi connectivity index (χ1v) is 19.5. The topological polar surface area (TPSA) is 20.2 Å². The van der Waals surface area contributed by atoms with Crippen LogP contribution in [0.15, 0.2) is 72.8 Å². The Hall–Kier alpha value is -3.58. The molecule has 5 rings (SSSR count). The molecule has 0 bridgehead atoms. The molecule has 0 fully saturated rings. The normalized spacial score (nSPS) is 13.8. The Morgan fingerprint density at radius 2 is 0.635 bits per heavy atom. The van der Waals surface area contributed by atoms with Crippen molar-refractivity contribution >= 4 is 0 Å². The van der Waals surface area contributed by atoms with E-state index in [0.717, 1.165) is 11.1 Å². The highest BCUT2D eigenvalue weighted by molar-refractivity contribution is 5.83. The van der Waals surface area contributed by atoms with Crippen LogP contribution in [0.2, 0.25) is 0 Å². The number of phenols is 1. The van der Waals surface area contributed by atoms with Crippen molar-refractivity contribution in [2.75, 3.05) is 0 Å². The Bertz CT molecular complexity index is 1880. The van der Waals surface area contributed by atoms with Crippen molar-refractivity contribution in [3.05, 3.63) is 123 Å². The molecule has 0 amide bonds. The summed E-state index contributed by atoms with van der Waals surface area (Å²) in [7, 11) is 0. The molecular weight excluding hydrogens is 629 g/mol. The number of aromatic hydroxyl groups is 1. The van der Waals surface area contributed by atoms with E-state index in [0.29, 0.717) is 5.75 Å². The SMILES string of the molecule is CC(C)(C)c1ccc2c(C(c3cc(C(C)(C)C)c(O)c(C(C)(C)C)c3)c3cc(C(C)(C)C)c4ccc(C(C)(C)C)ccc3-4)cc(C(C)(C)C)c-2cc1. The summed E-state index contributed by atoms with van der Waals surface area (Å²) in [5.74, 6) is 0.358. The molecule has 4 aliphatic rings. The van der Waals surface area contributed by atoms with Crippen molar-refractivity contribution in [3.63, 3.8) is 0 Å². The second-order valence-electron chi connectivity index (χ2n) is 21.8. The van der Waals surface area contributed by atoms with Crippen molar-refractivity contribution in [1.82, 2.24) is 0 Å². The fourth-order valence-corrected chi connectivity index (χ4v) is 7.97. The van der Waals surface area contributed by atoms with Gasteiger partial charge in [-0.15, -0.1) is 0 Å². The van der Waals surface area contributed by atoms with Gasteiger partial charge in [0.2, 0.25) is 0 Å². The van der Waals surface area contributed by atoms with Crippen LogP contribution in [0, 0.1) is 0 Å². The number of fused-ring (bicyclic) bond motifs is 2. The van der Waals surface area contributed by atoms with E-state index < -0.39 is 0 Å². The summed E-state index contributed by atoms with van der Waals surface area (Å²) < 4.78 is 0. The van der Waals surface area contributed by atoms with Gasteiger partial charge in [0.25, 0.3) is 0 Å². The van der Waals surface area contributed by atoms with Crippen LogP contribution < -0.4 is 0 Å². The van der Waals surface area contributed by atoms with Crippen LogP contribution in [0.3, 0.4) is 0 Å². The molecule has 1 nitrogen and oxygen atoms in total. The summed E-state index contributed by atoms with van der Waals surface area (Å²) in [5, 5.41) is 12.0. The first-order valence-electron chi connectivity index (χ1n) is 19.5. The third-order valence-electron chi connectivity index (χ3n) is 11.2. The second kappa shape index (κ2) is 12.8. The predicted molar refractivity (Wildman–Crippen MR) is 227 cm³/mol. The minimum atomic E-state index is -0.248. The standard InChI is InChI=1S/C51H68O/c1-46(2,3)32-19-23-34-36(25-21-32)40(48(7,8)9)29-38(34)44(31-27-42(50(13,14)15)45(52)43(28-31)51(16,17)18)39-30-41(49(10,11)12)37-26-22-33(47(4,5)6)20-24-35(37)39/h19-30,44,52H,1-18H3. The first-order chi connectivity index (χ1) is 23.5. The van der Waals surface area contributed by atoms with Gasteiger partial charge in [-0.05, 0) is 105 Å². The summed E-state index contributed by atoms with van der Waals surface area (Å²) >= 11 is 0. The molecule has 4 aliphatic carbocycles. The highest BCUT2D eigenvalue weighted by Gasteiger charge is 2.36. The number of phenolic OH excluding ortho intramolecular Hbond substituents is 1. The van der Waals surface area contributed by atoms with Crippen molar-refractivity contribution in [3.8, 4) is 28.0 Å². The maximum Gasteiger partial charge on any atom is 0.123 e. The molecule has 278 valence electrons. The minimum Gasteiger partial charge on any atom is -0.507 e. The maximum absolute atomic E-state index is 12.0. The smallest absolute Gasteiger partial charge is 0.123 e. The molecule has 1 N–H and O–H groups in total. The molecule has 1 aromatic carbocycles. The van der Waals surface area contributed by atoms with E-state index in [1.165, 1.54) is 61.2 Å². The molecule has 1 aromatic rings. The minimum absolute atomic E-state index is 0.0289. The van der Waals surface area contributed by atoms with Crippen molar-refractivity contribution < 1.29 is 5.11 Å². The molecule has 0 saturated heterocycles. The average Bonchev–Trinajstić information content (AvgIpc) is 3.29. The summed E-state index contributed by atoms with van der Waals surface area (Å²) in [6.07, 6.45) is 0. The van der Waals surface area contributed by atoms with Crippen molar-refractivity contribution in [2.45, 2.75) is 163 Å². The predicted octanol–water partition coefficient (Wildman–Crippen LogP) is 14.6. The van der Waals surface area contributed by atoms with Crippen molar-refractivity contribution in [1.29, 1.82) is 0 Å². The van der Waals surface area contributed by atoms with Gasteiger partial charge in [0.1, 0.15) is 5.75 Å². The lowest BCUT2D eigenvalue weighted by atomic mass is 9.74. The molecular formula is C51H68O. The van der Waals surface area contributed by atoms with Gasteiger partial charge in [-0.3, -0.25) is 0 Å². The maximum atomic E-state index is 12.0. The summed E-state index contributed by atoms with van der Waals surface area (Å²) in [6.45, 7) is 41.2. The summed E-state index contributed by atoms with van der Waals surface area (Å²) in [6, 6.07) is 28.7. The molecule has 0 radical (unpaired) electrons. The van der Waals surface area contributed by atoms with Crippen LogP contribution in [0.5, 0.6) is 5.75 Å². The van der Waals surface area contributed by atoms with E-state index >= 15 is 0 Å². The van der Waals surface area contributed by atoms with Gasteiger partial charge < -0.3 is 5.11 Å². The van der Waals surface area contributed by atoms with Crippen LogP contribution in [-0.4, -0.2) is 5.11 Å². The zero-order chi connectivity index (χ0) is 39.1. The van der Waals surface area contributed by atoms with Gasteiger partial charge in [-0.25, -0.2) is 0 Å². The lowest BCUT2D eigenvalue weighted by Crippen LogP contribution is -2.19. The summed E-state index contributed by atoms with van der Waals surface area (Å²) in [5.41, 5.74) is 16.0. The zero-order valence-corrected chi connectivity index (χ0v) is 36.0. The first kappa shape index (κ1) is 39.6. The highest BCUT2D eigenvalue weighted by atomic mass is 16.3. The Labute approximate surface area is 318 Å². The number of hydrogen-bond acceptors (Lipinski definition) is 1. The van der Waals surface area contributed by atoms with Gasteiger partial charge in [0, 0.05) is 5.92 Å². The van der Waals surface area contributed by atoms with Crippen LogP contribution in [0.1, 0.15) is 181 Å². The van der Waals surface area contributed by atoms with Crippen LogP contribution in [0.25, 0.3) is 22.3 Å². The molecule has 0 unspecified atom stereocenters. The van der Waals surface area contributed by atoms with Crippen LogP contribution >= 0.6 is 0 Å². The van der Waals surface area contributed by atoms with E-state index in [4.69, 9.17) is 0 Å². The number of hydrogen-bond donors (Lipinski definition) is 1. The molecule has 1 heteroatoms. The molecule has 52 heavy (non-hydrogen) atoms. The van der Waals surface area contributed by atoms with E-state index in [-0.39, 0.29) is 38.4 Å². The second-order valence-corrected chi connectivity index (χ2v) is 21.8. The largest absolute Gasteiger partial charge is 0.507 e. The number of rotatable bonds is 3. The highest BCUT2D eigenvalue weighted by Crippen LogP contribution is 2.52. The Kier molecular flexibility index (Phi) is 9.74. The van der Waals surface area contributed by atoms with Crippen LogP contribution in [0.4, 0.5) is 0 Å². The monoisotopic (exact) mass is 697 g/mol. The lowest BCUT2D eigenvalue weighted by Gasteiger charge is -2.30. The van der Waals surface area contributed by atoms with Gasteiger partial charge in [-0.1, -0.05) is 197 Å². The summed E-state index contributed by atoms with van der Waals surface area (Å²) in [4.78, 5) is 0. The van der Waals surface area contributed by atoms with Crippen molar-refractivity contribution in [2.24, 2.45) is 0 Å². The third kappa shape index (κ3) is 7.58. The molecule has 0 aromatic heterocycles. The molecule has 0 heterocycles. The molecule has 0 saturated carbocycles. The molecule has 0 aliphatic heterocycles. The Morgan fingerprint density at radius 3 is 0.904 bits per heavy atom. The van der Waals surface area contributed by atoms with E-state index in [1.54, 1.807) is 0 Å². The van der Waals surface area contributed by atoms with Gasteiger partial charge in [0.15, 0.2) is 0 Å². The Morgan fingerprint density at radius 1 is 0.346 bits per heavy atom. The quantitative estimate of drug-likeness (QED) is 0.199. The van der Waals surface area contributed by atoms with E-state index in [1.807, 2.05) is 0 Å². The molecule has 0 spiro atoms. The van der Waals surface area contributed by atoms with E-state index in [9.17, 15) is 5.11 Å². The Balaban J connectivity index is 2.03. The lowest BCUT2D eigenvalue weighted by molar-refractivity contribution is 0.422. The fourth-order valence-electron chi connectivity index (χ4n) is 7.97. The van der Waals surface area contributed by atoms with Crippen LogP contribution in [-0.2, 0) is 32.5 Å². The fraction of sp³-hybridized carbons (Fsp3) is 0.490. The third-order valence-corrected chi connectivity index (χ3v) is 11.2. The van der Waals surface area contributed by atoms with E-state index in [2.05, 4.69) is 197 Å². The average molecular weight is 697 g/mol. The van der Waals surface area contributed by atoms with Gasteiger partial charge >= 0.3 is 0 Å². The van der Waals surface area contributed by atoms with Gasteiger partial charge in [0.05, 0.1) is 0 Å².